The maximum atomic E-state index is 11.4. The Morgan fingerprint density at radius 2 is 2.11 bits per heavy atom. The summed E-state index contributed by atoms with van der Waals surface area (Å²) in [6.07, 6.45) is 6.56. The molecular formula is C15H16N2O2. The maximum absolute atomic E-state index is 11.4. The molecule has 0 spiro atoms. The first-order valence-corrected chi connectivity index (χ1v) is 6.12. The van der Waals surface area contributed by atoms with Crippen molar-refractivity contribution in [2.75, 3.05) is 7.11 Å². The monoisotopic (exact) mass is 256 g/mol. The van der Waals surface area contributed by atoms with Crippen LogP contribution in [-0.2, 0) is 16.0 Å². The molecule has 1 aromatic heterocycles. The zero-order valence-corrected chi connectivity index (χ0v) is 10.8. The Morgan fingerprint density at radius 3 is 2.74 bits per heavy atom. The zero-order chi connectivity index (χ0) is 13.5. The molecule has 1 aromatic carbocycles. The number of methoxy groups -OCH3 is 1. The number of aromatic nitrogens is 2. The number of allylic oxidation sites excluding steroid dienone is 1. The predicted octanol–water partition coefficient (Wildman–Crippen LogP) is 2.53. The van der Waals surface area contributed by atoms with Gasteiger partial charge in [-0.05, 0) is 24.5 Å². The molecule has 0 amide bonds. The summed E-state index contributed by atoms with van der Waals surface area (Å²) in [4.78, 5) is 11.4. The second kappa shape index (κ2) is 6.54. The van der Waals surface area contributed by atoms with Crippen LogP contribution in [0.3, 0.4) is 0 Å². The molecule has 0 atom stereocenters. The van der Waals surface area contributed by atoms with E-state index in [1.807, 2.05) is 30.5 Å². The second-order valence-electron chi connectivity index (χ2n) is 4.10. The summed E-state index contributed by atoms with van der Waals surface area (Å²) in [6.45, 7) is 0. The van der Waals surface area contributed by atoms with Crippen molar-refractivity contribution in [2.24, 2.45) is 0 Å². The van der Waals surface area contributed by atoms with E-state index >= 15 is 0 Å². The number of rotatable bonds is 5. The molecule has 0 saturated heterocycles. The highest BCUT2D eigenvalue weighted by atomic mass is 16.5. The number of carbonyl (C=O) groups excluding carboxylic acids is 1. The van der Waals surface area contributed by atoms with Crippen LogP contribution in [0.15, 0.2) is 54.9 Å². The molecule has 2 aromatic rings. The molecule has 1 heterocycles. The van der Waals surface area contributed by atoms with Gasteiger partial charge in [0, 0.05) is 24.2 Å². The number of hydrogen-bond acceptors (Lipinski definition) is 3. The van der Waals surface area contributed by atoms with E-state index in [0.717, 1.165) is 18.5 Å². The lowest BCUT2D eigenvalue weighted by Gasteiger charge is -2.07. The van der Waals surface area contributed by atoms with Crippen LogP contribution >= 0.6 is 0 Å². The fourth-order valence-corrected chi connectivity index (χ4v) is 1.80. The van der Waals surface area contributed by atoms with Crippen LogP contribution in [0.5, 0.6) is 0 Å². The molecule has 0 aliphatic heterocycles. The SMILES string of the molecule is COC(=O)/C=C(/CCc1ccccc1)n1cccn1. The van der Waals surface area contributed by atoms with Crippen LogP contribution in [0.25, 0.3) is 5.70 Å². The van der Waals surface area contributed by atoms with Crippen molar-refractivity contribution in [1.82, 2.24) is 9.78 Å². The molecule has 0 N–H and O–H groups in total. The standard InChI is InChI=1S/C15H16N2O2/c1-19-15(18)12-14(17-11-5-10-16-17)9-8-13-6-3-2-4-7-13/h2-7,10-12H,8-9H2,1H3/b14-12-. The largest absolute Gasteiger partial charge is 0.466 e. The fourth-order valence-electron chi connectivity index (χ4n) is 1.80. The van der Waals surface area contributed by atoms with Gasteiger partial charge in [0.25, 0.3) is 0 Å². The maximum Gasteiger partial charge on any atom is 0.332 e. The fraction of sp³-hybridized carbons (Fsp3) is 0.200. The first kappa shape index (κ1) is 13.1. The van der Waals surface area contributed by atoms with Crippen molar-refractivity contribution in [3.8, 4) is 0 Å². The molecule has 0 radical (unpaired) electrons. The van der Waals surface area contributed by atoms with Crippen molar-refractivity contribution < 1.29 is 9.53 Å². The van der Waals surface area contributed by atoms with Gasteiger partial charge in [0.2, 0.25) is 0 Å². The Bertz CT molecular complexity index is 545. The van der Waals surface area contributed by atoms with Gasteiger partial charge >= 0.3 is 5.97 Å². The molecule has 0 bridgehead atoms. The Morgan fingerprint density at radius 1 is 1.32 bits per heavy atom. The van der Waals surface area contributed by atoms with Gasteiger partial charge in [0.15, 0.2) is 0 Å². The van der Waals surface area contributed by atoms with E-state index in [4.69, 9.17) is 0 Å². The average Bonchev–Trinajstić information content (AvgIpc) is 2.98. The minimum atomic E-state index is -0.362. The molecule has 19 heavy (non-hydrogen) atoms. The summed E-state index contributed by atoms with van der Waals surface area (Å²) >= 11 is 0. The Balaban J connectivity index is 2.11. The lowest BCUT2D eigenvalue weighted by molar-refractivity contribution is -0.134. The van der Waals surface area contributed by atoms with Crippen molar-refractivity contribution in [3.63, 3.8) is 0 Å². The Labute approximate surface area is 112 Å². The van der Waals surface area contributed by atoms with E-state index in [-0.39, 0.29) is 5.97 Å². The Kier molecular flexibility index (Phi) is 4.50. The quantitative estimate of drug-likeness (QED) is 0.610. The molecule has 98 valence electrons. The summed E-state index contributed by atoms with van der Waals surface area (Å²) < 4.78 is 6.37. The minimum absolute atomic E-state index is 0.362. The first-order chi connectivity index (χ1) is 9.29. The van der Waals surface area contributed by atoms with Gasteiger partial charge in [-0.15, -0.1) is 0 Å². The van der Waals surface area contributed by atoms with Gasteiger partial charge in [0.1, 0.15) is 0 Å². The van der Waals surface area contributed by atoms with E-state index in [1.165, 1.54) is 18.7 Å². The van der Waals surface area contributed by atoms with Gasteiger partial charge < -0.3 is 4.74 Å². The number of aryl methyl sites for hydroxylation is 1. The van der Waals surface area contributed by atoms with E-state index in [1.54, 1.807) is 10.9 Å². The van der Waals surface area contributed by atoms with Crippen molar-refractivity contribution >= 4 is 11.7 Å². The van der Waals surface area contributed by atoms with Gasteiger partial charge in [-0.1, -0.05) is 30.3 Å². The Hall–Kier alpha value is -2.36. The van der Waals surface area contributed by atoms with E-state index in [2.05, 4.69) is 22.0 Å². The van der Waals surface area contributed by atoms with Gasteiger partial charge in [-0.25, -0.2) is 9.48 Å². The van der Waals surface area contributed by atoms with Crippen LogP contribution in [0, 0.1) is 0 Å². The molecule has 0 unspecified atom stereocenters. The molecule has 0 fully saturated rings. The summed E-state index contributed by atoms with van der Waals surface area (Å²) in [7, 11) is 1.37. The van der Waals surface area contributed by atoms with E-state index in [9.17, 15) is 4.79 Å². The normalized spacial score (nSPS) is 11.3. The number of carbonyl (C=O) groups is 1. The third kappa shape index (κ3) is 3.81. The molecule has 0 aliphatic rings. The third-order valence-electron chi connectivity index (χ3n) is 2.80. The first-order valence-electron chi connectivity index (χ1n) is 6.12. The van der Waals surface area contributed by atoms with Crippen LogP contribution in [0.2, 0.25) is 0 Å². The molecule has 2 rings (SSSR count). The van der Waals surface area contributed by atoms with Crippen LogP contribution in [0.4, 0.5) is 0 Å². The lowest BCUT2D eigenvalue weighted by Crippen LogP contribution is -2.04. The highest BCUT2D eigenvalue weighted by molar-refractivity contribution is 5.87. The van der Waals surface area contributed by atoms with Crippen LogP contribution in [0.1, 0.15) is 12.0 Å². The smallest absolute Gasteiger partial charge is 0.332 e. The van der Waals surface area contributed by atoms with Crippen molar-refractivity contribution in [1.29, 1.82) is 0 Å². The summed E-state index contributed by atoms with van der Waals surface area (Å²) in [5.74, 6) is -0.362. The topological polar surface area (TPSA) is 44.1 Å². The van der Waals surface area contributed by atoms with Gasteiger partial charge in [-0.3, -0.25) is 0 Å². The van der Waals surface area contributed by atoms with Crippen molar-refractivity contribution in [3.05, 3.63) is 60.4 Å². The van der Waals surface area contributed by atoms with Gasteiger partial charge in [0.05, 0.1) is 7.11 Å². The average molecular weight is 256 g/mol. The number of ether oxygens (including phenoxy) is 1. The molecule has 4 heteroatoms. The minimum Gasteiger partial charge on any atom is -0.466 e. The van der Waals surface area contributed by atoms with Gasteiger partial charge in [-0.2, -0.15) is 5.10 Å². The predicted molar refractivity (Wildman–Crippen MR) is 73.3 cm³/mol. The second-order valence-corrected chi connectivity index (χ2v) is 4.10. The number of nitrogens with zero attached hydrogens (tertiary/aromatic N) is 2. The summed E-state index contributed by atoms with van der Waals surface area (Å²) in [5.41, 5.74) is 2.05. The molecular weight excluding hydrogens is 240 g/mol. The van der Waals surface area contributed by atoms with E-state index in [0.29, 0.717) is 0 Å². The van der Waals surface area contributed by atoms with Crippen molar-refractivity contribution in [2.45, 2.75) is 12.8 Å². The third-order valence-corrected chi connectivity index (χ3v) is 2.80. The van der Waals surface area contributed by atoms with E-state index < -0.39 is 0 Å². The molecule has 0 saturated carbocycles. The molecule has 4 nitrogen and oxygen atoms in total. The van der Waals surface area contributed by atoms with Crippen LogP contribution < -0.4 is 0 Å². The van der Waals surface area contributed by atoms with Crippen LogP contribution in [-0.4, -0.2) is 22.9 Å². The number of benzene rings is 1. The zero-order valence-electron chi connectivity index (χ0n) is 10.8. The highest BCUT2D eigenvalue weighted by Gasteiger charge is 2.05. The summed E-state index contributed by atoms with van der Waals surface area (Å²) in [5, 5.41) is 4.16. The highest BCUT2D eigenvalue weighted by Crippen LogP contribution is 2.13. The number of hydrogen-bond donors (Lipinski definition) is 0. The molecule has 0 aliphatic carbocycles. The summed E-state index contributed by atoms with van der Waals surface area (Å²) in [6, 6.07) is 12.0. The number of esters is 1. The lowest BCUT2D eigenvalue weighted by atomic mass is 10.1.